The highest BCUT2D eigenvalue weighted by Crippen LogP contribution is 2.47. The average Bonchev–Trinajstić information content (AvgIpc) is 3.22. The molecule has 1 spiro atoms. The minimum absolute atomic E-state index is 0.0846. The topological polar surface area (TPSA) is 131 Å². The molecule has 2 aromatic rings. The van der Waals surface area contributed by atoms with Crippen LogP contribution in [0.2, 0.25) is 5.02 Å². The lowest BCUT2D eigenvalue weighted by Crippen LogP contribution is -2.50. The summed E-state index contributed by atoms with van der Waals surface area (Å²) in [6.07, 6.45) is 4.12. The first-order valence-electron chi connectivity index (χ1n) is 17.6. The van der Waals surface area contributed by atoms with Gasteiger partial charge in [-0.1, -0.05) is 24.6 Å². The number of carbonyl (C=O) groups is 3. The molecular weight excluding hydrogens is 680 g/mol. The van der Waals surface area contributed by atoms with Gasteiger partial charge in [0, 0.05) is 34.3 Å². The molecule has 2 aliphatic heterocycles. The van der Waals surface area contributed by atoms with E-state index in [2.05, 4.69) is 27.6 Å². The van der Waals surface area contributed by atoms with E-state index in [4.69, 9.17) is 25.8 Å². The number of aliphatic hydroxyl groups excluding tert-OH is 1. The first kappa shape index (κ1) is 36.5. The molecule has 0 radical (unpaired) electrons. The maximum atomic E-state index is 14.1. The molecule has 2 bridgehead atoms. The zero-order valence-electron chi connectivity index (χ0n) is 29.3. The standard InChI is InChI=1S/C38H49ClN2O8S/c1-22-15-27(34(36(44)47-3)37(45)48-4)18-32(42)29-11-8-26(29)19-41-20-38(14-6-7-24-16-28(39)10-12-30(24)38)21-49-33-13-9-25(17-31(33)41)35(43)40-50(5,46)23(22)2/h9-10,12-13,16-17,22-23,26-27,29,32,34,42H,5-8,11,14-15,18-21H2,1-4H3,(H,40,43,46)/t22-,23+,26-,27-,29+,32-,38-,50?/m0/s1. The number of anilines is 1. The van der Waals surface area contributed by atoms with Crippen LogP contribution in [0.15, 0.2) is 36.4 Å². The lowest BCUT2D eigenvalue weighted by Gasteiger charge is -2.46. The molecule has 8 atom stereocenters. The Morgan fingerprint density at radius 1 is 1.12 bits per heavy atom. The number of nitrogens with zero attached hydrogens (tertiary/aromatic N) is 1. The molecule has 272 valence electrons. The van der Waals surface area contributed by atoms with E-state index in [9.17, 15) is 23.7 Å². The summed E-state index contributed by atoms with van der Waals surface area (Å²) in [6, 6.07) is 11.4. The molecule has 2 heterocycles. The molecular formula is C38H49ClN2O8S. The number of fused-ring (bicyclic) bond motifs is 4. The van der Waals surface area contributed by atoms with Crippen molar-refractivity contribution in [3.63, 3.8) is 0 Å². The quantitative estimate of drug-likeness (QED) is 0.256. The van der Waals surface area contributed by atoms with E-state index in [1.165, 1.54) is 25.3 Å². The number of ether oxygens (including phenoxy) is 3. The molecule has 1 unspecified atom stereocenters. The molecule has 1 saturated carbocycles. The van der Waals surface area contributed by atoms with Gasteiger partial charge < -0.3 is 24.2 Å². The van der Waals surface area contributed by atoms with Crippen LogP contribution in [0.25, 0.3) is 0 Å². The number of halogens is 1. The summed E-state index contributed by atoms with van der Waals surface area (Å²) in [4.78, 5) is 42.2. The van der Waals surface area contributed by atoms with Gasteiger partial charge in [-0.15, -0.1) is 0 Å². The Hall–Kier alpha value is -3.28. The molecule has 1 amide bonds. The van der Waals surface area contributed by atoms with Crippen molar-refractivity contribution in [3.8, 4) is 5.75 Å². The van der Waals surface area contributed by atoms with Crippen LogP contribution in [0.3, 0.4) is 0 Å². The molecule has 0 aromatic heterocycles. The smallest absolute Gasteiger partial charge is 0.320 e. The van der Waals surface area contributed by atoms with Crippen LogP contribution >= 0.6 is 11.6 Å². The predicted octanol–water partition coefficient (Wildman–Crippen LogP) is 4.96. The first-order chi connectivity index (χ1) is 23.8. The van der Waals surface area contributed by atoms with Gasteiger partial charge >= 0.3 is 11.9 Å². The van der Waals surface area contributed by atoms with Gasteiger partial charge in [0.15, 0.2) is 5.92 Å². The Labute approximate surface area is 300 Å². The zero-order chi connectivity index (χ0) is 36.0. The van der Waals surface area contributed by atoms with Gasteiger partial charge in [-0.2, -0.15) is 0 Å². The number of hydrogen-bond acceptors (Lipinski definition) is 9. The third-order valence-electron chi connectivity index (χ3n) is 12.0. The van der Waals surface area contributed by atoms with Gasteiger partial charge in [-0.25, -0.2) is 4.21 Å². The van der Waals surface area contributed by atoms with Crippen LogP contribution in [0.5, 0.6) is 5.75 Å². The molecule has 1 fully saturated rings. The minimum Gasteiger partial charge on any atom is -0.490 e. The third kappa shape index (κ3) is 6.97. The van der Waals surface area contributed by atoms with Crippen LogP contribution in [0, 0.1) is 29.6 Å². The van der Waals surface area contributed by atoms with Gasteiger partial charge in [0.1, 0.15) is 5.75 Å². The Bertz CT molecular complexity index is 1730. The Morgan fingerprint density at radius 3 is 2.54 bits per heavy atom. The van der Waals surface area contributed by atoms with Crippen molar-refractivity contribution in [2.75, 3.05) is 38.8 Å². The predicted molar refractivity (Wildman–Crippen MR) is 194 cm³/mol. The summed E-state index contributed by atoms with van der Waals surface area (Å²) in [5.41, 5.74) is 3.22. The molecule has 12 heteroatoms. The monoisotopic (exact) mass is 728 g/mol. The van der Waals surface area contributed by atoms with E-state index in [-0.39, 0.29) is 36.0 Å². The van der Waals surface area contributed by atoms with E-state index < -0.39 is 50.7 Å². The van der Waals surface area contributed by atoms with Gasteiger partial charge in [-0.3, -0.25) is 19.1 Å². The summed E-state index contributed by atoms with van der Waals surface area (Å²) < 4.78 is 33.4. The molecule has 2 N–H and O–H groups in total. The third-order valence-corrected chi connectivity index (χ3v) is 14.4. The van der Waals surface area contributed by atoms with E-state index >= 15 is 0 Å². The number of rotatable bonds is 3. The number of hydrogen-bond donors (Lipinski definition) is 2. The fourth-order valence-electron chi connectivity index (χ4n) is 8.81. The van der Waals surface area contributed by atoms with Gasteiger partial charge in [0.2, 0.25) is 0 Å². The molecule has 2 aliphatic carbocycles. The number of methoxy groups -OCH3 is 2. The number of amides is 1. The van der Waals surface area contributed by atoms with E-state index in [0.717, 1.165) is 37.8 Å². The van der Waals surface area contributed by atoms with Gasteiger partial charge in [0.25, 0.3) is 5.91 Å². The van der Waals surface area contributed by atoms with Crippen molar-refractivity contribution in [2.24, 2.45) is 29.6 Å². The van der Waals surface area contributed by atoms with Crippen molar-refractivity contribution in [1.29, 1.82) is 0 Å². The normalized spacial score (nSPS) is 32.8. The van der Waals surface area contributed by atoms with Crippen molar-refractivity contribution < 1.29 is 37.9 Å². The number of benzene rings is 2. The molecule has 0 saturated heterocycles. The van der Waals surface area contributed by atoms with Crippen molar-refractivity contribution >= 4 is 50.7 Å². The second-order valence-corrected chi connectivity index (χ2v) is 17.8. The van der Waals surface area contributed by atoms with Crippen LogP contribution in [-0.2, 0) is 40.6 Å². The molecule has 10 nitrogen and oxygen atoms in total. The summed E-state index contributed by atoms with van der Waals surface area (Å²) in [5, 5.41) is 11.9. The average molecular weight is 729 g/mol. The second-order valence-electron chi connectivity index (χ2n) is 15.0. The van der Waals surface area contributed by atoms with Crippen LogP contribution in [-0.4, -0.2) is 78.3 Å². The maximum absolute atomic E-state index is 14.1. The number of aryl methyl sites for hydroxylation is 1. The lowest BCUT2D eigenvalue weighted by atomic mass is 9.66. The Morgan fingerprint density at radius 2 is 1.86 bits per heavy atom. The number of aliphatic hydroxyl groups is 1. The molecule has 50 heavy (non-hydrogen) atoms. The summed E-state index contributed by atoms with van der Waals surface area (Å²) >= 11 is 6.43. The zero-order valence-corrected chi connectivity index (χ0v) is 30.9. The Kier molecular flexibility index (Phi) is 10.5. The number of nitrogens with one attached hydrogen (secondary N) is 1. The van der Waals surface area contributed by atoms with Crippen LogP contribution < -0.4 is 14.4 Å². The number of esters is 2. The van der Waals surface area contributed by atoms with Crippen molar-refractivity contribution in [1.82, 2.24) is 4.72 Å². The largest absolute Gasteiger partial charge is 0.490 e. The highest BCUT2D eigenvalue weighted by atomic mass is 35.5. The second kappa shape index (κ2) is 14.4. The lowest BCUT2D eigenvalue weighted by molar-refractivity contribution is -0.162. The first-order valence-corrected chi connectivity index (χ1v) is 19.8. The highest BCUT2D eigenvalue weighted by Gasteiger charge is 2.46. The van der Waals surface area contributed by atoms with E-state index in [0.29, 0.717) is 36.0 Å². The fourth-order valence-corrected chi connectivity index (χ4v) is 10.5. The Balaban J connectivity index is 1.42. The van der Waals surface area contributed by atoms with Crippen molar-refractivity contribution in [3.05, 3.63) is 58.1 Å². The maximum Gasteiger partial charge on any atom is 0.320 e. The molecule has 2 aromatic carbocycles. The van der Waals surface area contributed by atoms with Gasteiger partial charge in [0.05, 0.1) is 42.3 Å². The minimum atomic E-state index is -3.21. The molecule has 6 rings (SSSR count). The SMILES string of the molecule is C=S1(=O)NC(=O)c2ccc3c(c2)N(C[C@@H]2CC[C@H]2[C@@H](O)C[C@@H](C(C(=O)OC)C(=O)OC)C[C@H](C)[C@H]1C)C[C@@]1(CCCc2cc(Cl)ccc21)CO3. The fraction of sp³-hybridized carbons (Fsp3) is 0.579. The van der Waals surface area contributed by atoms with Crippen LogP contribution in [0.4, 0.5) is 5.69 Å². The van der Waals surface area contributed by atoms with E-state index in [1.807, 2.05) is 25.1 Å². The highest BCUT2D eigenvalue weighted by molar-refractivity contribution is 7.99. The van der Waals surface area contributed by atoms with Crippen LogP contribution in [0.1, 0.15) is 73.9 Å². The molecule has 4 aliphatic rings. The number of carbonyl (C=O) groups excluding carboxylic acids is 3. The van der Waals surface area contributed by atoms with Gasteiger partial charge in [-0.05, 0) is 123 Å². The summed E-state index contributed by atoms with van der Waals surface area (Å²) in [7, 11) is -0.772. The summed E-state index contributed by atoms with van der Waals surface area (Å²) in [5.74, 6) is 0.343. The summed E-state index contributed by atoms with van der Waals surface area (Å²) in [6.45, 7) is 5.29. The van der Waals surface area contributed by atoms with Crippen molar-refractivity contribution in [2.45, 2.75) is 75.6 Å². The van der Waals surface area contributed by atoms with E-state index in [1.54, 1.807) is 13.0 Å².